The topological polar surface area (TPSA) is 25.2 Å². The summed E-state index contributed by atoms with van der Waals surface area (Å²) in [7, 11) is 0. The van der Waals surface area contributed by atoms with E-state index < -0.39 is 0 Å². The molecule has 0 aliphatic carbocycles. The zero-order valence-electron chi connectivity index (χ0n) is 12.2. The average molecular weight is 279 g/mol. The van der Waals surface area contributed by atoms with Crippen molar-refractivity contribution in [1.29, 1.82) is 0 Å². The number of hydrogen-bond donors (Lipinski definition) is 1. The van der Waals surface area contributed by atoms with E-state index in [0.29, 0.717) is 0 Å². The van der Waals surface area contributed by atoms with Crippen LogP contribution in [0.2, 0.25) is 0 Å². The molecular formula is C19H21NO. The number of rotatable bonds is 6. The molecule has 0 saturated heterocycles. The summed E-state index contributed by atoms with van der Waals surface area (Å²) in [6.45, 7) is 1.14. The molecule has 1 N–H and O–H groups in total. The molecule has 0 unspecified atom stereocenters. The van der Waals surface area contributed by atoms with Gasteiger partial charge in [-0.05, 0) is 42.5 Å². The standard InChI is InChI=1S/C19H21NO/c21-15-17-10-6-11-19-18(17)12-14-20(19)13-5-4-9-16-7-2-1-3-8-16/h1-3,6-8,10-12,14,21H,4-5,9,13,15H2. The van der Waals surface area contributed by atoms with Crippen LogP contribution in [0.25, 0.3) is 10.9 Å². The fraction of sp³-hybridized carbons (Fsp3) is 0.263. The van der Waals surface area contributed by atoms with Gasteiger partial charge in [-0.1, -0.05) is 42.5 Å². The van der Waals surface area contributed by atoms with Gasteiger partial charge in [0.2, 0.25) is 0 Å². The minimum absolute atomic E-state index is 0.107. The first-order chi connectivity index (χ1) is 10.4. The van der Waals surface area contributed by atoms with Crippen molar-refractivity contribution in [2.24, 2.45) is 0 Å². The van der Waals surface area contributed by atoms with E-state index in [4.69, 9.17) is 0 Å². The van der Waals surface area contributed by atoms with Gasteiger partial charge in [0, 0.05) is 23.6 Å². The Morgan fingerprint density at radius 2 is 1.71 bits per heavy atom. The van der Waals surface area contributed by atoms with Crippen molar-refractivity contribution < 1.29 is 5.11 Å². The Morgan fingerprint density at radius 1 is 0.857 bits per heavy atom. The minimum atomic E-state index is 0.107. The second kappa shape index (κ2) is 6.59. The molecule has 0 aliphatic heterocycles. The molecule has 2 aromatic carbocycles. The van der Waals surface area contributed by atoms with Gasteiger partial charge < -0.3 is 9.67 Å². The number of aliphatic hydroxyl groups excluding tert-OH is 1. The van der Waals surface area contributed by atoms with Gasteiger partial charge in [-0.2, -0.15) is 0 Å². The predicted molar refractivity (Wildman–Crippen MR) is 87.2 cm³/mol. The van der Waals surface area contributed by atoms with Crippen molar-refractivity contribution in [2.45, 2.75) is 32.4 Å². The first-order valence-electron chi connectivity index (χ1n) is 7.60. The third-order valence-electron chi connectivity index (χ3n) is 4.03. The molecule has 108 valence electrons. The van der Waals surface area contributed by atoms with Crippen LogP contribution in [0, 0.1) is 0 Å². The summed E-state index contributed by atoms with van der Waals surface area (Å²) >= 11 is 0. The lowest BCUT2D eigenvalue weighted by Gasteiger charge is -2.07. The van der Waals surface area contributed by atoms with Crippen LogP contribution < -0.4 is 0 Å². The number of aliphatic hydroxyl groups is 1. The minimum Gasteiger partial charge on any atom is -0.392 e. The molecule has 0 saturated carbocycles. The maximum absolute atomic E-state index is 9.38. The van der Waals surface area contributed by atoms with Crippen LogP contribution in [-0.4, -0.2) is 9.67 Å². The van der Waals surface area contributed by atoms with Gasteiger partial charge in [0.05, 0.1) is 6.61 Å². The van der Waals surface area contributed by atoms with Gasteiger partial charge in [0.15, 0.2) is 0 Å². The molecule has 2 heteroatoms. The summed E-state index contributed by atoms with van der Waals surface area (Å²) in [5.74, 6) is 0. The predicted octanol–water partition coefficient (Wildman–Crippen LogP) is 4.16. The molecule has 1 heterocycles. The van der Waals surface area contributed by atoms with Crippen LogP contribution in [0.4, 0.5) is 0 Å². The van der Waals surface area contributed by atoms with Crippen LogP contribution in [0.5, 0.6) is 0 Å². The Hall–Kier alpha value is -2.06. The first kappa shape index (κ1) is 13.9. The van der Waals surface area contributed by atoms with Crippen molar-refractivity contribution in [3.8, 4) is 0 Å². The number of unbranched alkanes of at least 4 members (excludes halogenated alkanes) is 1. The molecule has 0 atom stereocenters. The molecule has 0 aliphatic rings. The van der Waals surface area contributed by atoms with Gasteiger partial charge in [-0.25, -0.2) is 0 Å². The van der Waals surface area contributed by atoms with Gasteiger partial charge in [0.25, 0.3) is 0 Å². The lowest BCUT2D eigenvalue weighted by Crippen LogP contribution is -1.97. The Labute approximate surface area is 125 Å². The number of nitrogens with zero attached hydrogens (tertiary/aromatic N) is 1. The smallest absolute Gasteiger partial charge is 0.0688 e. The third-order valence-corrected chi connectivity index (χ3v) is 4.03. The van der Waals surface area contributed by atoms with E-state index >= 15 is 0 Å². The molecular weight excluding hydrogens is 258 g/mol. The second-order valence-electron chi connectivity index (χ2n) is 5.46. The molecule has 0 fully saturated rings. The molecule has 1 aromatic heterocycles. The molecule has 0 spiro atoms. The van der Waals surface area contributed by atoms with Crippen molar-refractivity contribution in [3.63, 3.8) is 0 Å². The Bertz CT molecular complexity index is 700. The summed E-state index contributed by atoms with van der Waals surface area (Å²) in [5, 5.41) is 10.5. The highest BCUT2D eigenvalue weighted by atomic mass is 16.3. The molecule has 3 rings (SSSR count). The van der Waals surface area contributed by atoms with E-state index in [0.717, 1.165) is 18.5 Å². The highest BCUT2D eigenvalue weighted by molar-refractivity contribution is 5.83. The van der Waals surface area contributed by atoms with Crippen molar-refractivity contribution in [3.05, 3.63) is 71.9 Å². The summed E-state index contributed by atoms with van der Waals surface area (Å²) in [4.78, 5) is 0. The zero-order valence-corrected chi connectivity index (χ0v) is 12.2. The number of fused-ring (bicyclic) bond motifs is 1. The van der Waals surface area contributed by atoms with E-state index in [1.807, 2.05) is 12.1 Å². The summed E-state index contributed by atoms with van der Waals surface area (Å²) in [6, 6.07) is 18.9. The SMILES string of the molecule is OCc1cccc2c1ccn2CCCCc1ccccc1. The monoisotopic (exact) mass is 279 g/mol. The van der Waals surface area contributed by atoms with Gasteiger partial charge in [-0.15, -0.1) is 0 Å². The quantitative estimate of drug-likeness (QED) is 0.673. The summed E-state index contributed by atoms with van der Waals surface area (Å²) < 4.78 is 2.29. The zero-order chi connectivity index (χ0) is 14.5. The fourth-order valence-corrected chi connectivity index (χ4v) is 2.88. The molecule has 3 aromatic rings. The first-order valence-corrected chi connectivity index (χ1v) is 7.60. The van der Waals surface area contributed by atoms with Crippen molar-refractivity contribution in [2.75, 3.05) is 0 Å². The molecule has 0 amide bonds. The maximum atomic E-state index is 9.38. The van der Waals surface area contributed by atoms with Crippen molar-refractivity contribution >= 4 is 10.9 Å². The van der Waals surface area contributed by atoms with Gasteiger partial charge in [-0.3, -0.25) is 0 Å². The Balaban J connectivity index is 1.61. The van der Waals surface area contributed by atoms with Crippen LogP contribution in [0.15, 0.2) is 60.8 Å². The number of benzene rings is 2. The summed E-state index contributed by atoms with van der Waals surface area (Å²) in [5.41, 5.74) is 3.65. The van der Waals surface area contributed by atoms with Crippen LogP contribution in [-0.2, 0) is 19.6 Å². The van der Waals surface area contributed by atoms with E-state index in [9.17, 15) is 5.11 Å². The second-order valence-corrected chi connectivity index (χ2v) is 5.46. The van der Waals surface area contributed by atoms with Crippen LogP contribution in [0.3, 0.4) is 0 Å². The highest BCUT2D eigenvalue weighted by Crippen LogP contribution is 2.21. The van der Waals surface area contributed by atoms with E-state index in [2.05, 4.69) is 53.2 Å². The largest absolute Gasteiger partial charge is 0.392 e. The van der Waals surface area contributed by atoms with Crippen LogP contribution >= 0.6 is 0 Å². The average Bonchev–Trinajstić information content (AvgIpc) is 2.96. The summed E-state index contributed by atoms with van der Waals surface area (Å²) in [6.07, 6.45) is 5.64. The third kappa shape index (κ3) is 3.17. The normalized spacial score (nSPS) is 11.1. The van der Waals surface area contributed by atoms with E-state index in [1.165, 1.54) is 29.3 Å². The molecule has 2 nitrogen and oxygen atoms in total. The molecule has 0 radical (unpaired) electrons. The Morgan fingerprint density at radius 3 is 2.52 bits per heavy atom. The lowest BCUT2D eigenvalue weighted by atomic mass is 10.1. The molecule has 0 bridgehead atoms. The number of hydrogen-bond acceptors (Lipinski definition) is 1. The number of aryl methyl sites for hydroxylation is 2. The van der Waals surface area contributed by atoms with E-state index in [-0.39, 0.29) is 6.61 Å². The fourth-order valence-electron chi connectivity index (χ4n) is 2.88. The molecule has 21 heavy (non-hydrogen) atoms. The maximum Gasteiger partial charge on any atom is 0.0688 e. The lowest BCUT2D eigenvalue weighted by molar-refractivity contribution is 0.283. The van der Waals surface area contributed by atoms with Crippen molar-refractivity contribution in [1.82, 2.24) is 4.57 Å². The number of aromatic nitrogens is 1. The van der Waals surface area contributed by atoms with Gasteiger partial charge in [0.1, 0.15) is 0 Å². The van der Waals surface area contributed by atoms with Gasteiger partial charge >= 0.3 is 0 Å². The van der Waals surface area contributed by atoms with E-state index in [1.54, 1.807) is 0 Å². The highest BCUT2D eigenvalue weighted by Gasteiger charge is 2.04. The Kier molecular flexibility index (Phi) is 4.37. The van der Waals surface area contributed by atoms with Crippen LogP contribution in [0.1, 0.15) is 24.0 Å².